The molecule has 0 aliphatic heterocycles. The van der Waals surface area contributed by atoms with E-state index in [1.807, 2.05) is 24.3 Å². The summed E-state index contributed by atoms with van der Waals surface area (Å²) in [5.74, 6) is 0. The molecule has 0 saturated carbocycles. The van der Waals surface area contributed by atoms with Crippen LogP contribution >= 0.6 is 15.9 Å². The second-order valence-corrected chi connectivity index (χ2v) is 2.67. The van der Waals surface area contributed by atoms with Crippen molar-refractivity contribution < 1.29 is 4.39 Å². The summed E-state index contributed by atoms with van der Waals surface area (Å²) >= 11 is 3.28. The Morgan fingerprint density at radius 3 is 2.60 bits per heavy atom. The average molecular weight is 201 g/mol. The van der Waals surface area contributed by atoms with Crippen LogP contribution in [0.1, 0.15) is 5.56 Å². The zero-order chi connectivity index (χ0) is 7.40. The van der Waals surface area contributed by atoms with Gasteiger partial charge in [-0.3, -0.25) is 0 Å². The van der Waals surface area contributed by atoms with Gasteiger partial charge >= 0.3 is 0 Å². The lowest BCUT2D eigenvalue weighted by molar-refractivity contribution is 0.727. The summed E-state index contributed by atoms with van der Waals surface area (Å²) in [5.41, 5.74) is 0.852. The Morgan fingerprint density at radius 2 is 2.00 bits per heavy atom. The minimum atomic E-state index is 0.528. The molecular weight excluding hydrogens is 195 g/mol. The van der Waals surface area contributed by atoms with Gasteiger partial charge in [-0.1, -0.05) is 34.1 Å². The first kappa shape index (κ1) is 7.48. The number of rotatable bonds is 1. The first-order chi connectivity index (χ1) is 4.84. The standard InChI is InChI=1S/C8H6BrF/c9-8-4-2-1-3-7(8)5-6-10/h1-6H. The Bertz CT molecular complexity index is 243. The van der Waals surface area contributed by atoms with Crippen LogP contribution in [0.25, 0.3) is 6.08 Å². The summed E-state index contributed by atoms with van der Waals surface area (Å²) in [5, 5.41) is 0. The summed E-state index contributed by atoms with van der Waals surface area (Å²) in [6.07, 6.45) is 1.93. The molecule has 0 fully saturated rings. The maximum Gasteiger partial charge on any atom is 0.0873 e. The second kappa shape index (κ2) is 3.52. The van der Waals surface area contributed by atoms with Crippen LogP contribution in [-0.2, 0) is 0 Å². The minimum Gasteiger partial charge on any atom is -0.216 e. The number of hydrogen-bond donors (Lipinski definition) is 0. The molecule has 0 unspecified atom stereocenters. The molecule has 52 valence electrons. The number of hydrogen-bond acceptors (Lipinski definition) is 0. The number of benzene rings is 1. The van der Waals surface area contributed by atoms with Crippen molar-refractivity contribution in [1.82, 2.24) is 0 Å². The van der Waals surface area contributed by atoms with Gasteiger partial charge in [-0.25, -0.2) is 4.39 Å². The highest BCUT2D eigenvalue weighted by Gasteiger charge is 1.90. The summed E-state index contributed by atoms with van der Waals surface area (Å²) in [6, 6.07) is 7.45. The van der Waals surface area contributed by atoms with Gasteiger partial charge in [0.2, 0.25) is 0 Å². The SMILES string of the molecule is FC=Cc1ccccc1Br. The first-order valence-electron chi connectivity index (χ1n) is 2.86. The van der Waals surface area contributed by atoms with Crippen molar-refractivity contribution in [3.05, 3.63) is 40.6 Å². The zero-order valence-corrected chi connectivity index (χ0v) is 6.81. The smallest absolute Gasteiger partial charge is 0.0873 e. The molecule has 0 spiro atoms. The van der Waals surface area contributed by atoms with Crippen LogP contribution in [0, 0.1) is 0 Å². The molecule has 0 saturated heterocycles. The third kappa shape index (κ3) is 1.67. The normalized spacial score (nSPS) is 10.6. The monoisotopic (exact) mass is 200 g/mol. The van der Waals surface area contributed by atoms with E-state index in [4.69, 9.17) is 0 Å². The highest BCUT2D eigenvalue weighted by Crippen LogP contribution is 2.16. The second-order valence-electron chi connectivity index (χ2n) is 1.81. The molecule has 0 N–H and O–H groups in total. The molecule has 0 bridgehead atoms. The van der Waals surface area contributed by atoms with Gasteiger partial charge in [-0.2, -0.15) is 0 Å². The van der Waals surface area contributed by atoms with E-state index in [1.54, 1.807) is 0 Å². The summed E-state index contributed by atoms with van der Waals surface area (Å²) in [4.78, 5) is 0. The van der Waals surface area contributed by atoms with Crippen LogP contribution in [0.3, 0.4) is 0 Å². The highest BCUT2D eigenvalue weighted by atomic mass is 79.9. The van der Waals surface area contributed by atoms with E-state index in [2.05, 4.69) is 15.9 Å². The van der Waals surface area contributed by atoms with Crippen LogP contribution in [0.2, 0.25) is 0 Å². The van der Waals surface area contributed by atoms with Gasteiger partial charge in [-0.05, 0) is 17.7 Å². The van der Waals surface area contributed by atoms with Crippen molar-refractivity contribution in [1.29, 1.82) is 0 Å². The van der Waals surface area contributed by atoms with Gasteiger partial charge in [0.25, 0.3) is 0 Å². The van der Waals surface area contributed by atoms with Gasteiger partial charge in [0, 0.05) is 4.47 Å². The Balaban J connectivity index is 3.03. The molecule has 0 nitrogen and oxygen atoms in total. The molecule has 1 aromatic carbocycles. The van der Waals surface area contributed by atoms with Gasteiger partial charge in [0.05, 0.1) is 6.33 Å². The summed E-state index contributed by atoms with van der Waals surface area (Å²) in [6.45, 7) is 0. The van der Waals surface area contributed by atoms with Crippen LogP contribution in [0.4, 0.5) is 4.39 Å². The predicted molar refractivity (Wildman–Crippen MR) is 44.3 cm³/mol. The fourth-order valence-electron chi connectivity index (χ4n) is 0.678. The predicted octanol–water partition coefficient (Wildman–Crippen LogP) is 3.39. The third-order valence-corrected chi connectivity index (χ3v) is 1.87. The van der Waals surface area contributed by atoms with Crippen molar-refractivity contribution in [3.8, 4) is 0 Å². The molecule has 0 heterocycles. The summed E-state index contributed by atoms with van der Waals surface area (Å²) < 4.78 is 12.6. The lowest BCUT2D eigenvalue weighted by Crippen LogP contribution is -1.71. The maximum absolute atomic E-state index is 11.7. The minimum absolute atomic E-state index is 0.528. The van der Waals surface area contributed by atoms with E-state index >= 15 is 0 Å². The Kier molecular flexibility index (Phi) is 2.63. The molecule has 1 rings (SSSR count). The lowest BCUT2D eigenvalue weighted by Gasteiger charge is -1.93. The highest BCUT2D eigenvalue weighted by molar-refractivity contribution is 9.10. The van der Waals surface area contributed by atoms with E-state index in [1.165, 1.54) is 6.08 Å². The number of halogens is 2. The Morgan fingerprint density at radius 1 is 1.30 bits per heavy atom. The Hall–Kier alpha value is -0.630. The van der Waals surface area contributed by atoms with Gasteiger partial charge in [0.15, 0.2) is 0 Å². The molecule has 2 heteroatoms. The van der Waals surface area contributed by atoms with Crippen molar-refractivity contribution in [2.45, 2.75) is 0 Å². The maximum atomic E-state index is 11.7. The molecule has 0 amide bonds. The van der Waals surface area contributed by atoms with Gasteiger partial charge < -0.3 is 0 Å². The fourth-order valence-corrected chi connectivity index (χ4v) is 1.10. The van der Waals surface area contributed by atoms with Gasteiger partial charge in [-0.15, -0.1) is 0 Å². The van der Waals surface area contributed by atoms with E-state index in [-0.39, 0.29) is 0 Å². The van der Waals surface area contributed by atoms with Crippen molar-refractivity contribution in [2.24, 2.45) is 0 Å². The zero-order valence-electron chi connectivity index (χ0n) is 5.22. The van der Waals surface area contributed by atoms with E-state index < -0.39 is 0 Å². The molecule has 10 heavy (non-hydrogen) atoms. The molecule has 0 atom stereocenters. The molecule has 0 aromatic heterocycles. The summed E-state index contributed by atoms with van der Waals surface area (Å²) in [7, 11) is 0. The van der Waals surface area contributed by atoms with Gasteiger partial charge in [0.1, 0.15) is 0 Å². The van der Waals surface area contributed by atoms with Crippen LogP contribution in [-0.4, -0.2) is 0 Å². The van der Waals surface area contributed by atoms with Crippen molar-refractivity contribution in [3.63, 3.8) is 0 Å². The molecule has 0 aliphatic rings. The molecule has 0 aliphatic carbocycles. The van der Waals surface area contributed by atoms with E-state index in [0.29, 0.717) is 6.33 Å². The first-order valence-corrected chi connectivity index (χ1v) is 3.65. The van der Waals surface area contributed by atoms with Crippen LogP contribution < -0.4 is 0 Å². The van der Waals surface area contributed by atoms with Crippen molar-refractivity contribution in [2.75, 3.05) is 0 Å². The average Bonchev–Trinajstić information content (AvgIpc) is 1.94. The quantitative estimate of drug-likeness (QED) is 0.653. The topological polar surface area (TPSA) is 0 Å². The van der Waals surface area contributed by atoms with Crippen LogP contribution in [0.5, 0.6) is 0 Å². The third-order valence-electron chi connectivity index (χ3n) is 1.15. The largest absolute Gasteiger partial charge is 0.216 e. The molecular formula is C8H6BrF. The molecule has 1 aromatic rings. The fraction of sp³-hybridized carbons (Fsp3) is 0. The molecule has 0 radical (unpaired) electrons. The van der Waals surface area contributed by atoms with E-state index in [9.17, 15) is 4.39 Å². The Labute approximate surface area is 67.5 Å². The van der Waals surface area contributed by atoms with Crippen LogP contribution in [0.15, 0.2) is 35.1 Å². The van der Waals surface area contributed by atoms with E-state index in [0.717, 1.165) is 10.0 Å². The lowest BCUT2D eigenvalue weighted by atomic mass is 10.2. The van der Waals surface area contributed by atoms with Crippen molar-refractivity contribution >= 4 is 22.0 Å².